The van der Waals surface area contributed by atoms with Gasteiger partial charge in [-0.1, -0.05) is 54.9 Å². The molecule has 1 heterocycles. The molecule has 2 aromatic carbocycles. The second kappa shape index (κ2) is 8.45. The van der Waals surface area contributed by atoms with E-state index in [1.54, 1.807) is 24.3 Å². The summed E-state index contributed by atoms with van der Waals surface area (Å²) in [6.07, 6.45) is 1.30. The van der Waals surface area contributed by atoms with Crippen molar-refractivity contribution in [3.63, 3.8) is 0 Å². The maximum Gasteiger partial charge on any atom is 0.420 e. The lowest BCUT2D eigenvalue weighted by molar-refractivity contribution is -0.140. The molecule has 1 fully saturated rings. The van der Waals surface area contributed by atoms with Crippen LogP contribution in [0.15, 0.2) is 70.7 Å². The van der Waals surface area contributed by atoms with E-state index in [0.29, 0.717) is 10.8 Å². The SMILES string of the molecule is FC(F)(F)c1cnc(Nc2ccc(C3CCCC3)cc2)nc1Sc1ccccc1. The molecule has 0 unspecified atom stereocenters. The molecule has 7 heteroatoms. The highest BCUT2D eigenvalue weighted by molar-refractivity contribution is 7.99. The molecular weight excluding hydrogens is 395 g/mol. The van der Waals surface area contributed by atoms with Gasteiger partial charge in [-0.25, -0.2) is 9.97 Å². The van der Waals surface area contributed by atoms with E-state index in [-0.39, 0.29) is 11.0 Å². The van der Waals surface area contributed by atoms with Crippen LogP contribution in [-0.4, -0.2) is 9.97 Å². The fourth-order valence-electron chi connectivity index (χ4n) is 3.53. The quantitative estimate of drug-likeness (QED) is 0.453. The van der Waals surface area contributed by atoms with Crippen LogP contribution in [0.2, 0.25) is 0 Å². The predicted octanol–water partition coefficient (Wildman–Crippen LogP) is 7.05. The number of halogens is 3. The zero-order chi connectivity index (χ0) is 20.3. The van der Waals surface area contributed by atoms with Crippen LogP contribution in [0.4, 0.5) is 24.8 Å². The van der Waals surface area contributed by atoms with Gasteiger partial charge >= 0.3 is 6.18 Å². The Kier molecular flexibility index (Phi) is 5.76. The van der Waals surface area contributed by atoms with Gasteiger partial charge in [0.25, 0.3) is 0 Å². The average Bonchev–Trinajstić information content (AvgIpc) is 3.23. The summed E-state index contributed by atoms with van der Waals surface area (Å²) in [7, 11) is 0. The topological polar surface area (TPSA) is 37.8 Å². The standard InChI is InChI=1S/C22H20F3N3S/c23-22(24,25)19-14-26-21(28-20(19)29-18-8-2-1-3-9-18)27-17-12-10-16(11-13-17)15-6-4-5-7-15/h1-3,8-15H,4-7H2,(H,26,27,28). The zero-order valence-corrected chi connectivity index (χ0v) is 16.4. The van der Waals surface area contributed by atoms with Crippen LogP contribution in [0.5, 0.6) is 0 Å². The van der Waals surface area contributed by atoms with Gasteiger partial charge in [-0.3, -0.25) is 0 Å². The Morgan fingerprint density at radius 3 is 2.28 bits per heavy atom. The van der Waals surface area contributed by atoms with E-state index < -0.39 is 11.7 Å². The maximum absolute atomic E-state index is 13.4. The number of nitrogens with zero attached hydrogens (tertiary/aromatic N) is 2. The van der Waals surface area contributed by atoms with Crippen molar-refractivity contribution < 1.29 is 13.2 Å². The van der Waals surface area contributed by atoms with Crippen LogP contribution >= 0.6 is 11.8 Å². The molecule has 3 nitrogen and oxygen atoms in total. The van der Waals surface area contributed by atoms with Gasteiger partial charge in [0.05, 0.1) is 0 Å². The molecular formula is C22H20F3N3S. The smallest absolute Gasteiger partial charge is 0.324 e. The number of nitrogens with one attached hydrogen (secondary N) is 1. The maximum atomic E-state index is 13.4. The van der Waals surface area contributed by atoms with Crippen molar-refractivity contribution >= 4 is 23.4 Å². The van der Waals surface area contributed by atoms with E-state index in [4.69, 9.17) is 0 Å². The van der Waals surface area contributed by atoms with Crippen LogP contribution in [0, 0.1) is 0 Å². The third-order valence-corrected chi connectivity index (χ3v) is 6.02. The van der Waals surface area contributed by atoms with E-state index in [1.807, 2.05) is 18.2 Å². The molecule has 0 bridgehead atoms. The summed E-state index contributed by atoms with van der Waals surface area (Å²) in [4.78, 5) is 8.72. The van der Waals surface area contributed by atoms with Gasteiger partial charge in [0, 0.05) is 16.8 Å². The van der Waals surface area contributed by atoms with Gasteiger partial charge in [0.1, 0.15) is 10.6 Å². The molecule has 150 valence electrons. The molecule has 0 spiro atoms. The highest BCUT2D eigenvalue weighted by Gasteiger charge is 2.35. The number of aromatic nitrogens is 2. The molecule has 0 amide bonds. The Balaban J connectivity index is 1.56. The van der Waals surface area contributed by atoms with Gasteiger partial charge in [-0.15, -0.1) is 0 Å². The Bertz CT molecular complexity index is 953. The van der Waals surface area contributed by atoms with Gasteiger partial charge in [-0.2, -0.15) is 13.2 Å². The van der Waals surface area contributed by atoms with Crippen molar-refractivity contribution in [3.8, 4) is 0 Å². The number of anilines is 2. The summed E-state index contributed by atoms with van der Waals surface area (Å²) in [5.41, 5.74) is 1.22. The number of benzene rings is 2. The molecule has 1 aliphatic carbocycles. The molecule has 0 atom stereocenters. The average molecular weight is 415 g/mol. The van der Waals surface area contributed by atoms with E-state index in [2.05, 4.69) is 27.4 Å². The zero-order valence-electron chi connectivity index (χ0n) is 15.6. The van der Waals surface area contributed by atoms with E-state index >= 15 is 0 Å². The molecule has 0 radical (unpaired) electrons. The van der Waals surface area contributed by atoms with Crippen LogP contribution in [0.1, 0.15) is 42.7 Å². The molecule has 1 saturated carbocycles. The summed E-state index contributed by atoms with van der Waals surface area (Å²) in [6.45, 7) is 0. The second-order valence-corrected chi connectivity index (χ2v) is 8.12. The van der Waals surface area contributed by atoms with Gasteiger partial charge in [0.15, 0.2) is 0 Å². The van der Waals surface area contributed by atoms with Gasteiger partial charge in [-0.05, 0) is 48.6 Å². The minimum Gasteiger partial charge on any atom is -0.324 e. The predicted molar refractivity (Wildman–Crippen MR) is 109 cm³/mol. The normalized spacial score (nSPS) is 14.9. The summed E-state index contributed by atoms with van der Waals surface area (Å²) in [6, 6.07) is 16.9. The summed E-state index contributed by atoms with van der Waals surface area (Å²) in [5.74, 6) is 0.755. The number of alkyl halides is 3. The van der Waals surface area contributed by atoms with Crippen LogP contribution in [0.3, 0.4) is 0 Å². The lowest BCUT2D eigenvalue weighted by Gasteiger charge is -2.14. The molecule has 4 rings (SSSR count). The summed E-state index contributed by atoms with van der Waals surface area (Å²) in [5, 5.41) is 2.90. The largest absolute Gasteiger partial charge is 0.420 e. The highest BCUT2D eigenvalue weighted by atomic mass is 32.2. The van der Waals surface area contributed by atoms with Crippen molar-refractivity contribution in [2.75, 3.05) is 5.32 Å². The molecule has 3 aromatic rings. The first-order chi connectivity index (χ1) is 14.0. The van der Waals surface area contributed by atoms with Crippen molar-refractivity contribution in [1.82, 2.24) is 9.97 Å². The highest BCUT2D eigenvalue weighted by Crippen LogP contribution is 2.39. The fraction of sp³-hybridized carbons (Fsp3) is 0.273. The Hall–Kier alpha value is -2.54. The lowest BCUT2D eigenvalue weighted by Crippen LogP contribution is -2.10. The van der Waals surface area contributed by atoms with Crippen LogP contribution in [0.25, 0.3) is 0 Å². The van der Waals surface area contributed by atoms with E-state index in [1.165, 1.54) is 31.2 Å². The van der Waals surface area contributed by atoms with Crippen LogP contribution in [-0.2, 0) is 6.18 Å². The monoisotopic (exact) mass is 415 g/mol. The number of hydrogen-bond acceptors (Lipinski definition) is 4. The molecule has 1 aliphatic rings. The van der Waals surface area contributed by atoms with Crippen molar-refractivity contribution in [2.24, 2.45) is 0 Å². The van der Waals surface area contributed by atoms with E-state index in [0.717, 1.165) is 23.6 Å². The Labute approximate surface area is 171 Å². The van der Waals surface area contributed by atoms with Gasteiger partial charge < -0.3 is 5.32 Å². The first-order valence-electron chi connectivity index (χ1n) is 9.53. The first-order valence-corrected chi connectivity index (χ1v) is 10.3. The van der Waals surface area contributed by atoms with Crippen molar-refractivity contribution in [3.05, 3.63) is 71.9 Å². The minimum atomic E-state index is -4.52. The fourth-order valence-corrected chi connectivity index (χ4v) is 4.45. The third-order valence-electron chi connectivity index (χ3n) is 5.01. The number of hydrogen-bond donors (Lipinski definition) is 1. The van der Waals surface area contributed by atoms with Crippen molar-refractivity contribution in [1.29, 1.82) is 0 Å². The molecule has 29 heavy (non-hydrogen) atoms. The Morgan fingerprint density at radius 2 is 1.62 bits per heavy atom. The lowest BCUT2D eigenvalue weighted by atomic mass is 9.98. The number of rotatable bonds is 5. The molecule has 0 aliphatic heterocycles. The second-order valence-electron chi connectivity index (χ2n) is 7.05. The summed E-state index contributed by atoms with van der Waals surface area (Å²) < 4.78 is 40.2. The summed E-state index contributed by atoms with van der Waals surface area (Å²) >= 11 is 0.974. The third kappa shape index (κ3) is 4.90. The molecule has 1 N–H and O–H groups in total. The van der Waals surface area contributed by atoms with Crippen LogP contribution < -0.4 is 5.32 Å². The van der Waals surface area contributed by atoms with Crippen molar-refractivity contribution in [2.45, 2.75) is 47.7 Å². The first kappa shape index (κ1) is 19.8. The van der Waals surface area contributed by atoms with E-state index in [9.17, 15) is 13.2 Å². The molecule has 0 saturated heterocycles. The minimum absolute atomic E-state index is 0.122. The molecule has 1 aromatic heterocycles. The van der Waals surface area contributed by atoms with Gasteiger partial charge in [0.2, 0.25) is 5.95 Å². The Morgan fingerprint density at radius 1 is 0.931 bits per heavy atom.